The number of aromatic nitrogens is 1. The van der Waals surface area contributed by atoms with Crippen LogP contribution in [0.25, 0.3) is 10.9 Å². The summed E-state index contributed by atoms with van der Waals surface area (Å²) >= 11 is 0. The van der Waals surface area contributed by atoms with Crippen molar-refractivity contribution in [3.05, 3.63) is 34.6 Å². The average Bonchev–Trinajstić information content (AvgIpc) is 2.17. The molecule has 2 rings (SSSR count). The highest BCUT2D eigenvalue weighted by Crippen LogP contribution is 2.26. The molecule has 0 bridgehead atoms. The number of rotatable bonds is 1. The molecule has 0 saturated carbocycles. The Morgan fingerprint density at radius 1 is 1.27 bits per heavy atom. The fourth-order valence-corrected chi connectivity index (χ4v) is 1.38. The van der Waals surface area contributed by atoms with Gasteiger partial charge >= 0.3 is 0 Å². The summed E-state index contributed by atoms with van der Waals surface area (Å²) < 4.78 is 0. The van der Waals surface area contributed by atoms with Gasteiger partial charge in [0, 0.05) is 5.52 Å². The zero-order valence-electron chi connectivity index (χ0n) is 7.47. The second kappa shape index (κ2) is 3.26. The number of aromatic amines is 1. The molecule has 0 radical (unpaired) electrons. The SMILES string of the molecule is O=c1[nH]c2ccccc2c([O-])c1N(O)O. The monoisotopic (exact) mass is 207 g/mol. The molecule has 6 heteroatoms. The first kappa shape index (κ1) is 9.50. The van der Waals surface area contributed by atoms with Crippen LogP contribution in [0.3, 0.4) is 0 Å². The van der Waals surface area contributed by atoms with Crippen molar-refractivity contribution in [2.24, 2.45) is 0 Å². The van der Waals surface area contributed by atoms with Gasteiger partial charge in [0.2, 0.25) is 0 Å². The van der Waals surface area contributed by atoms with E-state index in [0.29, 0.717) is 5.52 Å². The summed E-state index contributed by atoms with van der Waals surface area (Å²) in [7, 11) is 0. The van der Waals surface area contributed by atoms with Gasteiger partial charge in [-0.1, -0.05) is 23.9 Å². The van der Waals surface area contributed by atoms with E-state index >= 15 is 0 Å². The van der Waals surface area contributed by atoms with Crippen molar-refractivity contribution in [2.75, 3.05) is 5.23 Å². The maximum atomic E-state index is 11.6. The molecule has 0 fully saturated rings. The summed E-state index contributed by atoms with van der Waals surface area (Å²) in [5.41, 5.74) is -1.20. The Balaban J connectivity index is 2.90. The van der Waals surface area contributed by atoms with Crippen molar-refractivity contribution in [3.63, 3.8) is 0 Å². The molecule has 15 heavy (non-hydrogen) atoms. The van der Waals surface area contributed by atoms with Crippen LogP contribution in [-0.2, 0) is 0 Å². The molecule has 0 aliphatic rings. The third-order valence-corrected chi connectivity index (χ3v) is 2.05. The van der Waals surface area contributed by atoms with Crippen LogP contribution in [0.5, 0.6) is 5.75 Å². The number of hydrogen-bond donors (Lipinski definition) is 3. The van der Waals surface area contributed by atoms with Gasteiger partial charge in [0.25, 0.3) is 5.56 Å². The first-order valence-corrected chi connectivity index (χ1v) is 4.11. The van der Waals surface area contributed by atoms with Crippen molar-refractivity contribution >= 4 is 16.6 Å². The van der Waals surface area contributed by atoms with Crippen molar-refractivity contribution in [2.45, 2.75) is 0 Å². The summed E-state index contributed by atoms with van der Waals surface area (Å²) in [6, 6.07) is 6.32. The number of nitrogens with one attached hydrogen (secondary N) is 1. The lowest BCUT2D eigenvalue weighted by Crippen LogP contribution is -2.24. The summed E-state index contributed by atoms with van der Waals surface area (Å²) in [5, 5.41) is 28.8. The molecule has 0 atom stereocenters. The lowest BCUT2D eigenvalue weighted by Gasteiger charge is -2.17. The smallest absolute Gasteiger partial charge is 0.276 e. The molecule has 0 unspecified atom stereocenters. The summed E-state index contributed by atoms with van der Waals surface area (Å²) in [5.74, 6) is -0.723. The van der Waals surface area contributed by atoms with E-state index in [-0.39, 0.29) is 5.39 Å². The van der Waals surface area contributed by atoms with Crippen LogP contribution in [-0.4, -0.2) is 15.4 Å². The summed E-state index contributed by atoms with van der Waals surface area (Å²) in [6.07, 6.45) is 0. The van der Waals surface area contributed by atoms with Crippen LogP contribution < -0.4 is 15.9 Å². The second-order valence-electron chi connectivity index (χ2n) is 2.97. The Morgan fingerprint density at radius 3 is 2.60 bits per heavy atom. The molecule has 78 valence electrons. The Bertz CT molecular complexity index is 562. The van der Waals surface area contributed by atoms with Crippen LogP contribution in [0.4, 0.5) is 5.69 Å². The predicted molar refractivity (Wildman–Crippen MR) is 50.1 cm³/mol. The topological polar surface area (TPSA) is 99.6 Å². The van der Waals surface area contributed by atoms with E-state index in [9.17, 15) is 9.90 Å². The highest BCUT2D eigenvalue weighted by atomic mass is 16.8. The normalized spacial score (nSPS) is 10.5. The van der Waals surface area contributed by atoms with E-state index in [4.69, 9.17) is 10.4 Å². The van der Waals surface area contributed by atoms with E-state index in [0.717, 1.165) is 0 Å². The van der Waals surface area contributed by atoms with Gasteiger partial charge in [-0.05, 0) is 11.5 Å². The predicted octanol–water partition coefficient (Wildman–Crippen LogP) is 0.186. The largest absolute Gasteiger partial charge is 0.870 e. The first-order valence-electron chi connectivity index (χ1n) is 4.11. The minimum atomic E-state index is -0.844. The molecule has 0 spiro atoms. The average molecular weight is 207 g/mol. The van der Waals surface area contributed by atoms with E-state index in [1.165, 1.54) is 6.07 Å². The lowest BCUT2D eigenvalue weighted by atomic mass is 10.2. The van der Waals surface area contributed by atoms with Gasteiger partial charge in [-0.2, -0.15) is 0 Å². The van der Waals surface area contributed by atoms with Crippen LogP contribution in [0.15, 0.2) is 29.1 Å². The van der Waals surface area contributed by atoms with Crippen molar-refractivity contribution in [1.29, 1.82) is 0 Å². The van der Waals surface area contributed by atoms with Gasteiger partial charge in [-0.25, -0.2) is 0 Å². The standard InChI is InChI=1S/C9H8N2O4/c12-8-5-3-1-2-4-6(5)10-9(13)7(8)11(14)15/h1-4,14-15H,(H2,10,12,13)/p-1. The van der Waals surface area contributed by atoms with Gasteiger partial charge < -0.3 is 10.1 Å². The maximum absolute atomic E-state index is 11.6. The highest BCUT2D eigenvalue weighted by Gasteiger charge is 2.09. The minimum absolute atomic E-state index is 0.222. The number of para-hydroxylation sites is 1. The van der Waals surface area contributed by atoms with Gasteiger partial charge in [-0.15, -0.1) is 5.23 Å². The fourth-order valence-electron chi connectivity index (χ4n) is 1.38. The lowest BCUT2D eigenvalue weighted by molar-refractivity contribution is -0.266. The zero-order chi connectivity index (χ0) is 11.0. The highest BCUT2D eigenvalue weighted by molar-refractivity contribution is 5.88. The minimum Gasteiger partial charge on any atom is -0.870 e. The van der Waals surface area contributed by atoms with Crippen LogP contribution in [0.2, 0.25) is 0 Å². The van der Waals surface area contributed by atoms with E-state index < -0.39 is 22.2 Å². The van der Waals surface area contributed by atoms with Crippen molar-refractivity contribution in [1.82, 2.24) is 4.98 Å². The van der Waals surface area contributed by atoms with E-state index in [2.05, 4.69) is 4.98 Å². The van der Waals surface area contributed by atoms with Crippen molar-refractivity contribution < 1.29 is 15.5 Å². The molecule has 0 saturated heterocycles. The van der Waals surface area contributed by atoms with Crippen LogP contribution in [0.1, 0.15) is 0 Å². The van der Waals surface area contributed by atoms with Gasteiger partial charge in [-0.3, -0.25) is 15.2 Å². The van der Waals surface area contributed by atoms with Gasteiger partial charge in [0.1, 0.15) is 0 Å². The molecule has 1 aromatic heterocycles. The quantitative estimate of drug-likeness (QED) is 0.579. The Hall–Kier alpha value is -2.05. The van der Waals surface area contributed by atoms with Crippen molar-refractivity contribution in [3.8, 4) is 5.75 Å². The molecule has 0 aliphatic heterocycles. The molecule has 1 aromatic carbocycles. The number of H-pyrrole nitrogens is 1. The maximum Gasteiger partial charge on any atom is 0.276 e. The third kappa shape index (κ3) is 1.41. The number of pyridine rings is 1. The van der Waals surface area contributed by atoms with Crippen LogP contribution >= 0.6 is 0 Å². The molecular formula is C9H7N2O4-. The molecule has 2 aromatic rings. The molecule has 0 amide bonds. The van der Waals surface area contributed by atoms with E-state index in [1.54, 1.807) is 18.2 Å². The zero-order valence-corrected chi connectivity index (χ0v) is 7.47. The third-order valence-electron chi connectivity index (χ3n) is 2.05. The molecular weight excluding hydrogens is 200 g/mol. The Labute approximate surface area is 83.5 Å². The number of benzene rings is 1. The van der Waals surface area contributed by atoms with E-state index in [1.807, 2.05) is 0 Å². The number of nitrogens with zero attached hydrogens (tertiary/aromatic N) is 1. The summed E-state index contributed by atoms with van der Waals surface area (Å²) in [6.45, 7) is 0. The number of anilines is 1. The molecule has 3 N–H and O–H groups in total. The van der Waals surface area contributed by atoms with Crippen LogP contribution in [0, 0.1) is 0 Å². The van der Waals surface area contributed by atoms with Gasteiger partial charge in [0.05, 0.1) is 0 Å². The first-order chi connectivity index (χ1) is 7.11. The number of hydrogen-bond acceptors (Lipinski definition) is 5. The molecule has 1 heterocycles. The molecule has 6 nitrogen and oxygen atoms in total. The Kier molecular flexibility index (Phi) is 2.07. The summed E-state index contributed by atoms with van der Waals surface area (Å²) in [4.78, 5) is 13.6. The second-order valence-corrected chi connectivity index (χ2v) is 2.97. The number of fused-ring (bicyclic) bond motifs is 1. The van der Waals surface area contributed by atoms with Gasteiger partial charge in [0.15, 0.2) is 5.69 Å². The Morgan fingerprint density at radius 2 is 1.93 bits per heavy atom. The fraction of sp³-hybridized carbons (Fsp3) is 0. The molecule has 0 aliphatic carbocycles.